The number of benzene rings is 1. The predicted molar refractivity (Wildman–Crippen MR) is 66.9 cm³/mol. The van der Waals surface area contributed by atoms with Crippen molar-refractivity contribution in [1.29, 1.82) is 0 Å². The minimum Gasteiger partial charge on any atom is -0.379 e. The molecular weight excluding hydrogens is 256 g/mol. The number of nitro benzene ring substituents is 2. The molecule has 0 aliphatic heterocycles. The Hall–Kier alpha value is -2.71. The highest BCUT2D eigenvalue weighted by atomic mass is 16.6. The number of amides is 1. The van der Waals surface area contributed by atoms with Gasteiger partial charge in [0.05, 0.1) is 15.9 Å². The molecule has 0 aromatic heterocycles. The Bertz CT molecular complexity index is 491. The van der Waals surface area contributed by atoms with Crippen LogP contribution < -0.4 is 10.6 Å². The van der Waals surface area contributed by atoms with E-state index in [1.807, 2.05) is 0 Å². The molecule has 0 aliphatic carbocycles. The van der Waals surface area contributed by atoms with E-state index in [4.69, 9.17) is 0 Å². The van der Waals surface area contributed by atoms with Crippen molar-refractivity contribution in [2.24, 2.45) is 0 Å². The molecule has 19 heavy (non-hydrogen) atoms. The standard InChI is InChI=1S/C10H12N4O5/c15-7-11-4-1-5-12-9-3-2-8(13(16)17)6-10(9)14(18)19/h2-3,6-7,12H,1,4-5H2,(H,11,15). The van der Waals surface area contributed by atoms with E-state index in [0.29, 0.717) is 25.9 Å². The van der Waals surface area contributed by atoms with Crippen molar-refractivity contribution in [2.45, 2.75) is 6.42 Å². The number of nitrogens with zero attached hydrogens (tertiary/aromatic N) is 2. The molecule has 0 fully saturated rings. The van der Waals surface area contributed by atoms with Gasteiger partial charge in [0, 0.05) is 19.2 Å². The lowest BCUT2D eigenvalue weighted by molar-refractivity contribution is -0.393. The summed E-state index contributed by atoms with van der Waals surface area (Å²) in [5, 5.41) is 26.6. The minimum absolute atomic E-state index is 0.210. The highest BCUT2D eigenvalue weighted by Crippen LogP contribution is 2.28. The zero-order valence-corrected chi connectivity index (χ0v) is 9.87. The van der Waals surface area contributed by atoms with E-state index in [1.165, 1.54) is 12.1 Å². The Morgan fingerprint density at radius 1 is 1.16 bits per heavy atom. The summed E-state index contributed by atoms with van der Waals surface area (Å²) in [6, 6.07) is 3.40. The molecule has 0 unspecified atom stereocenters. The molecule has 1 amide bonds. The molecule has 0 saturated heterocycles. The van der Waals surface area contributed by atoms with Crippen LogP contribution in [0.15, 0.2) is 18.2 Å². The van der Waals surface area contributed by atoms with Crippen molar-refractivity contribution in [1.82, 2.24) is 5.32 Å². The molecule has 9 heteroatoms. The number of nitrogens with one attached hydrogen (secondary N) is 2. The molecular formula is C10H12N4O5. The van der Waals surface area contributed by atoms with Gasteiger partial charge < -0.3 is 10.6 Å². The van der Waals surface area contributed by atoms with Gasteiger partial charge in [-0.2, -0.15) is 0 Å². The van der Waals surface area contributed by atoms with Crippen molar-refractivity contribution in [3.8, 4) is 0 Å². The fourth-order valence-electron chi connectivity index (χ4n) is 1.41. The number of anilines is 1. The molecule has 0 saturated carbocycles. The summed E-state index contributed by atoms with van der Waals surface area (Å²) < 4.78 is 0. The van der Waals surface area contributed by atoms with Crippen LogP contribution in [0.5, 0.6) is 0 Å². The molecule has 0 atom stereocenters. The van der Waals surface area contributed by atoms with Crippen LogP contribution in [0.2, 0.25) is 0 Å². The van der Waals surface area contributed by atoms with Gasteiger partial charge in [-0.1, -0.05) is 0 Å². The van der Waals surface area contributed by atoms with Crippen molar-refractivity contribution in [3.63, 3.8) is 0 Å². The van der Waals surface area contributed by atoms with E-state index >= 15 is 0 Å². The van der Waals surface area contributed by atoms with E-state index in [2.05, 4.69) is 10.6 Å². The normalized spacial score (nSPS) is 9.68. The molecule has 0 spiro atoms. The van der Waals surface area contributed by atoms with Gasteiger partial charge in [-0.15, -0.1) is 0 Å². The molecule has 1 aromatic rings. The summed E-state index contributed by atoms with van der Waals surface area (Å²) >= 11 is 0. The third kappa shape index (κ3) is 4.22. The average Bonchev–Trinajstić information content (AvgIpc) is 2.38. The lowest BCUT2D eigenvalue weighted by Crippen LogP contribution is -2.16. The van der Waals surface area contributed by atoms with Gasteiger partial charge in [-0.3, -0.25) is 25.0 Å². The average molecular weight is 268 g/mol. The molecule has 1 rings (SSSR count). The Morgan fingerprint density at radius 3 is 2.47 bits per heavy atom. The van der Waals surface area contributed by atoms with Gasteiger partial charge >= 0.3 is 0 Å². The van der Waals surface area contributed by atoms with Gasteiger partial charge in [-0.25, -0.2) is 0 Å². The first-order valence-corrected chi connectivity index (χ1v) is 5.40. The summed E-state index contributed by atoms with van der Waals surface area (Å²) in [5.41, 5.74) is -0.473. The van der Waals surface area contributed by atoms with Gasteiger partial charge in [0.15, 0.2) is 0 Å². The second-order valence-corrected chi connectivity index (χ2v) is 3.57. The number of hydrogen-bond acceptors (Lipinski definition) is 6. The highest BCUT2D eigenvalue weighted by molar-refractivity contribution is 5.65. The second kappa shape index (κ2) is 6.89. The maximum atomic E-state index is 10.8. The number of non-ortho nitro benzene ring substituents is 1. The molecule has 0 heterocycles. The van der Waals surface area contributed by atoms with Gasteiger partial charge in [-0.05, 0) is 12.5 Å². The topological polar surface area (TPSA) is 127 Å². The SMILES string of the molecule is O=CNCCCNc1ccc([N+](=O)[O-])cc1[N+](=O)[O-]. The van der Waals surface area contributed by atoms with Crippen LogP contribution in [-0.2, 0) is 4.79 Å². The predicted octanol–water partition coefficient (Wildman–Crippen LogP) is 1.05. The summed E-state index contributed by atoms with van der Waals surface area (Å²) in [5.74, 6) is 0. The van der Waals surface area contributed by atoms with Crippen LogP contribution in [0.1, 0.15) is 6.42 Å². The van der Waals surface area contributed by atoms with Crippen molar-refractivity contribution in [2.75, 3.05) is 18.4 Å². The second-order valence-electron chi connectivity index (χ2n) is 3.57. The Morgan fingerprint density at radius 2 is 1.89 bits per heavy atom. The number of carbonyl (C=O) groups is 1. The highest BCUT2D eigenvalue weighted by Gasteiger charge is 2.18. The molecule has 0 bridgehead atoms. The fraction of sp³-hybridized carbons (Fsp3) is 0.300. The zero-order valence-electron chi connectivity index (χ0n) is 9.87. The summed E-state index contributed by atoms with van der Waals surface area (Å²) in [7, 11) is 0. The smallest absolute Gasteiger partial charge is 0.299 e. The minimum atomic E-state index is -0.690. The fourth-order valence-corrected chi connectivity index (χ4v) is 1.41. The first-order valence-electron chi connectivity index (χ1n) is 5.40. The van der Waals surface area contributed by atoms with Crippen molar-refractivity contribution >= 4 is 23.5 Å². The molecule has 0 radical (unpaired) electrons. The van der Waals surface area contributed by atoms with Crippen molar-refractivity contribution < 1.29 is 14.6 Å². The first kappa shape index (κ1) is 14.4. The molecule has 102 valence electrons. The van der Waals surface area contributed by atoms with E-state index in [9.17, 15) is 25.0 Å². The van der Waals surface area contributed by atoms with E-state index in [1.54, 1.807) is 0 Å². The lowest BCUT2D eigenvalue weighted by Gasteiger charge is -2.06. The summed E-state index contributed by atoms with van der Waals surface area (Å²) in [6.45, 7) is 0.844. The van der Waals surface area contributed by atoms with Gasteiger partial charge in [0.25, 0.3) is 11.4 Å². The van der Waals surface area contributed by atoms with Crippen LogP contribution in [0.25, 0.3) is 0 Å². The largest absolute Gasteiger partial charge is 0.379 e. The third-order valence-corrected chi connectivity index (χ3v) is 2.29. The first-order chi connectivity index (χ1) is 9.06. The number of nitro groups is 2. The third-order valence-electron chi connectivity index (χ3n) is 2.29. The summed E-state index contributed by atoms with van der Waals surface area (Å²) in [6.07, 6.45) is 1.14. The molecule has 0 aliphatic rings. The Labute approximate surface area is 107 Å². The monoisotopic (exact) mass is 268 g/mol. The zero-order chi connectivity index (χ0) is 14.3. The van der Waals surface area contributed by atoms with Crippen LogP contribution in [0.3, 0.4) is 0 Å². The maximum Gasteiger partial charge on any atom is 0.299 e. The molecule has 2 N–H and O–H groups in total. The van der Waals surface area contributed by atoms with Crippen LogP contribution >= 0.6 is 0 Å². The van der Waals surface area contributed by atoms with E-state index < -0.39 is 9.85 Å². The van der Waals surface area contributed by atoms with Crippen LogP contribution in [-0.4, -0.2) is 29.3 Å². The molecule has 9 nitrogen and oxygen atoms in total. The van der Waals surface area contributed by atoms with Crippen LogP contribution in [0.4, 0.5) is 17.1 Å². The van der Waals surface area contributed by atoms with Crippen molar-refractivity contribution in [3.05, 3.63) is 38.4 Å². The number of carbonyl (C=O) groups excluding carboxylic acids is 1. The maximum absolute atomic E-state index is 10.8. The van der Waals surface area contributed by atoms with E-state index in [0.717, 1.165) is 6.07 Å². The van der Waals surface area contributed by atoms with Crippen LogP contribution in [0, 0.1) is 20.2 Å². The number of hydrogen-bond donors (Lipinski definition) is 2. The van der Waals surface area contributed by atoms with Gasteiger partial charge in [0.2, 0.25) is 6.41 Å². The van der Waals surface area contributed by atoms with E-state index in [-0.39, 0.29) is 17.1 Å². The van der Waals surface area contributed by atoms with Gasteiger partial charge in [0.1, 0.15) is 5.69 Å². The number of rotatable bonds is 8. The quantitative estimate of drug-likeness (QED) is 0.314. The lowest BCUT2D eigenvalue weighted by atomic mass is 10.2. The molecule has 1 aromatic carbocycles. The summed E-state index contributed by atoms with van der Waals surface area (Å²) in [4.78, 5) is 30.0. The Balaban J connectivity index is 2.74. The Kier molecular flexibility index (Phi) is 5.20.